The third-order valence-corrected chi connectivity index (χ3v) is 15.0. The highest BCUT2D eigenvalue weighted by atomic mass is 32.2. The zero-order valence-corrected chi connectivity index (χ0v) is 36.3. The number of rotatable bonds is 5. The van der Waals surface area contributed by atoms with Crippen molar-refractivity contribution in [2.45, 2.75) is 19.6 Å². The normalized spacial score (nSPS) is 12.8. The molecule has 2 heterocycles. The molecule has 11 aromatic rings. The second-order valence-corrected chi connectivity index (χ2v) is 18.6. The van der Waals surface area contributed by atoms with Crippen molar-refractivity contribution in [2.24, 2.45) is 0 Å². The summed E-state index contributed by atoms with van der Waals surface area (Å²) >= 11 is 3.69. The van der Waals surface area contributed by atoms with Crippen LogP contribution in [-0.2, 0) is 0 Å². The first-order valence-corrected chi connectivity index (χ1v) is 23.4. The van der Waals surface area contributed by atoms with E-state index in [4.69, 9.17) is 0 Å². The average Bonchev–Trinajstić information content (AvgIpc) is 3.36. The summed E-state index contributed by atoms with van der Waals surface area (Å²) in [4.78, 5) is 9.90. The van der Waals surface area contributed by atoms with Gasteiger partial charge in [0.1, 0.15) is 0 Å². The van der Waals surface area contributed by atoms with E-state index < -0.39 is 0 Å². The summed E-state index contributed by atoms with van der Waals surface area (Å²) in [6.07, 6.45) is 0. The van der Waals surface area contributed by atoms with Crippen LogP contribution < -0.4 is 9.80 Å². The maximum Gasteiger partial charge on any atom is 0.0601 e. The summed E-state index contributed by atoms with van der Waals surface area (Å²) in [7, 11) is 0. The van der Waals surface area contributed by atoms with E-state index in [2.05, 4.69) is 240 Å². The number of fused-ring (bicyclic) bond motifs is 7. The van der Waals surface area contributed by atoms with Gasteiger partial charge in [0.15, 0.2) is 0 Å². The molecule has 0 aliphatic carbocycles. The molecule has 0 atom stereocenters. The second kappa shape index (κ2) is 15.1. The van der Waals surface area contributed by atoms with Gasteiger partial charge in [-0.05, 0) is 145 Å². The molecule has 0 fully saturated rings. The second-order valence-electron chi connectivity index (χ2n) is 16.5. The smallest absolute Gasteiger partial charge is 0.0601 e. The number of benzene rings is 11. The van der Waals surface area contributed by atoms with Crippen LogP contribution in [-0.4, -0.2) is 0 Å². The van der Waals surface area contributed by atoms with Crippen LogP contribution in [0.3, 0.4) is 0 Å². The van der Waals surface area contributed by atoms with Crippen LogP contribution in [0.2, 0.25) is 0 Å². The number of nitrogens with zero attached hydrogens (tertiary/aromatic N) is 2. The molecule has 0 N–H and O–H groups in total. The maximum absolute atomic E-state index is 2.45. The largest absolute Gasteiger partial charge is 0.308 e. The van der Waals surface area contributed by atoms with E-state index in [-0.39, 0.29) is 0 Å². The van der Waals surface area contributed by atoms with E-state index in [0.717, 1.165) is 11.4 Å². The van der Waals surface area contributed by atoms with Crippen LogP contribution in [0.25, 0.3) is 65.7 Å². The van der Waals surface area contributed by atoms with E-state index in [1.54, 1.807) is 0 Å². The molecule has 2 aliphatic rings. The van der Waals surface area contributed by atoms with Crippen LogP contribution in [0, 0.1) is 0 Å². The summed E-state index contributed by atoms with van der Waals surface area (Å²) in [5.74, 6) is 0. The molecule has 0 bridgehead atoms. The minimum absolute atomic E-state index is 1.13. The molecule has 11 aromatic carbocycles. The summed E-state index contributed by atoms with van der Waals surface area (Å²) in [6.45, 7) is 0. The zero-order chi connectivity index (χ0) is 42.1. The van der Waals surface area contributed by atoms with Gasteiger partial charge in [0, 0.05) is 31.0 Å². The fraction of sp³-hybridized carbons (Fsp3) is 0. The van der Waals surface area contributed by atoms with Crippen LogP contribution in [0.4, 0.5) is 34.1 Å². The van der Waals surface area contributed by atoms with E-state index in [9.17, 15) is 0 Å². The molecule has 4 heteroatoms. The topological polar surface area (TPSA) is 6.48 Å². The quantitative estimate of drug-likeness (QED) is 0.159. The van der Waals surface area contributed by atoms with Gasteiger partial charge >= 0.3 is 0 Å². The number of para-hydroxylation sites is 4. The molecular formula is C60H38N2S2. The molecule has 0 saturated heterocycles. The predicted molar refractivity (Wildman–Crippen MR) is 273 cm³/mol. The maximum atomic E-state index is 2.45. The first kappa shape index (κ1) is 37.1. The highest BCUT2D eigenvalue weighted by molar-refractivity contribution is 8.00. The fourth-order valence-electron chi connectivity index (χ4n) is 9.87. The van der Waals surface area contributed by atoms with Crippen molar-refractivity contribution in [3.63, 3.8) is 0 Å². The Labute approximate surface area is 381 Å². The Hall–Kier alpha value is -7.50. The molecule has 0 amide bonds. The Morgan fingerprint density at radius 2 is 0.641 bits per heavy atom. The molecule has 2 nitrogen and oxygen atoms in total. The van der Waals surface area contributed by atoms with Gasteiger partial charge in [-0.15, -0.1) is 0 Å². The standard InChI is InChI=1S/C60H38N2S2/c1-2-15-41(16-3-1)59-47-34-32-46(62-53-20-8-12-24-57(53)64-58-25-13-9-21-54(58)62)38-50(47)60(42-29-26-40(27-30-42)44-31-28-39-14-4-5-17-43(39)36-44)48-35-33-45(37-49(48)59)61-51-18-6-10-22-55(51)63-56-23-11-7-19-52(56)61/h1-38H. The third-order valence-electron chi connectivity index (χ3n) is 12.8. The minimum Gasteiger partial charge on any atom is -0.308 e. The van der Waals surface area contributed by atoms with Gasteiger partial charge in [-0.1, -0.05) is 175 Å². The molecule has 2 aliphatic heterocycles. The van der Waals surface area contributed by atoms with Gasteiger partial charge in [-0.2, -0.15) is 0 Å². The summed E-state index contributed by atoms with van der Waals surface area (Å²) in [5.41, 5.74) is 14.3. The first-order chi connectivity index (χ1) is 31.7. The molecule has 13 rings (SSSR count). The summed E-state index contributed by atoms with van der Waals surface area (Å²) in [6, 6.07) is 85.1. The fourth-order valence-corrected chi connectivity index (χ4v) is 12.0. The van der Waals surface area contributed by atoms with Gasteiger partial charge in [0.2, 0.25) is 0 Å². The zero-order valence-electron chi connectivity index (χ0n) is 34.7. The average molecular weight is 851 g/mol. The molecule has 0 saturated carbocycles. The Morgan fingerprint density at radius 1 is 0.250 bits per heavy atom. The Balaban J connectivity index is 1.09. The number of anilines is 6. The number of hydrogen-bond donors (Lipinski definition) is 0. The molecule has 0 spiro atoms. The summed E-state index contributed by atoms with van der Waals surface area (Å²) < 4.78 is 0. The minimum atomic E-state index is 1.13. The van der Waals surface area contributed by atoms with Crippen molar-refractivity contribution < 1.29 is 0 Å². The Kier molecular flexibility index (Phi) is 8.75. The van der Waals surface area contributed by atoms with Crippen molar-refractivity contribution in [2.75, 3.05) is 9.80 Å². The lowest BCUT2D eigenvalue weighted by molar-refractivity contribution is 1.17. The molecule has 0 radical (unpaired) electrons. The van der Waals surface area contributed by atoms with Gasteiger partial charge in [-0.25, -0.2) is 0 Å². The van der Waals surface area contributed by atoms with Crippen molar-refractivity contribution in [1.29, 1.82) is 0 Å². The predicted octanol–water partition coefficient (Wildman–Crippen LogP) is 18.0. The molecule has 0 unspecified atom stereocenters. The molecule has 300 valence electrons. The Bertz CT molecular complexity index is 3540. The SMILES string of the molecule is c1ccc(-c2c3ccc(N4c5ccccc5Sc5ccccc54)cc3c(-c3ccc(-c4ccc5ccccc5c4)cc3)c3ccc(N4c5ccccc5Sc5ccccc54)cc23)cc1. The molecular weight excluding hydrogens is 813 g/mol. The highest BCUT2D eigenvalue weighted by Gasteiger charge is 2.28. The highest BCUT2D eigenvalue weighted by Crippen LogP contribution is 2.55. The summed E-state index contributed by atoms with van der Waals surface area (Å²) in [5, 5.41) is 7.37. The molecule has 0 aromatic heterocycles. The van der Waals surface area contributed by atoms with Crippen molar-refractivity contribution in [1.82, 2.24) is 0 Å². The lowest BCUT2D eigenvalue weighted by atomic mass is 9.85. The monoisotopic (exact) mass is 850 g/mol. The van der Waals surface area contributed by atoms with E-state index in [1.807, 2.05) is 23.5 Å². The van der Waals surface area contributed by atoms with Gasteiger partial charge in [0.25, 0.3) is 0 Å². The lowest BCUT2D eigenvalue weighted by Crippen LogP contribution is -2.15. The van der Waals surface area contributed by atoms with Gasteiger partial charge < -0.3 is 9.80 Å². The van der Waals surface area contributed by atoms with Gasteiger partial charge in [-0.3, -0.25) is 0 Å². The van der Waals surface area contributed by atoms with Crippen LogP contribution in [0.5, 0.6) is 0 Å². The van der Waals surface area contributed by atoms with Crippen LogP contribution in [0.15, 0.2) is 250 Å². The van der Waals surface area contributed by atoms with E-state index in [0.29, 0.717) is 0 Å². The van der Waals surface area contributed by atoms with Crippen LogP contribution in [0.1, 0.15) is 0 Å². The first-order valence-electron chi connectivity index (χ1n) is 21.7. The number of hydrogen-bond acceptors (Lipinski definition) is 4. The lowest BCUT2D eigenvalue weighted by Gasteiger charge is -2.33. The van der Waals surface area contributed by atoms with E-state index >= 15 is 0 Å². The Morgan fingerprint density at radius 3 is 1.14 bits per heavy atom. The molecule has 64 heavy (non-hydrogen) atoms. The van der Waals surface area contributed by atoms with Gasteiger partial charge in [0.05, 0.1) is 22.7 Å². The third kappa shape index (κ3) is 6.06. The van der Waals surface area contributed by atoms with Crippen LogP contribution >= 0.6 is 23.5 Å². The van der Waals surface area contributed by atoms with Crippen molar-refractivity contribution in [3.05, 3.63) is 231 Å². The van der Waals surface area contributed by atoms with E-state index in [1.165, 1.54) is 108 Å². The van der Waals surface area contributed by atoms with Crippen molar-refractivity contribution >= 4 is 90.0 Å². The van der Waals surface area contributed by atoms with Crippen molar-refractivity contribution in [3.8, 4) is 33.4 Å².